The lowest BCUT2D eigenvalue weighted by Crippen LogP contribution is -2.71. The third-order valence-electron chi connectivity index (χ3n) is 9.21. The van der Waals surface area contributed by atoms with Gasteiger partial charge in [0.2, 0.25) is 17.7 Å². The predicted molar refractivity (Wildman–Crippen MR) is 195 cm³/mol. The summed E-state index contributed by atoms with van der Waals surface area (Å²) in [7, 11) is 0. The Hall–Kier alpha value is -3.83. The molecule has 8 atom stereocenters. The van der Waals surface area contributed by atoms with Crippen LogP contribution in [0.5, 0.6) is 0 Å². The highest BCUT2D eigenvalue weighted by Gasteiger charge is 2.53. The second-order valence-electron chi connectivity index (χ2n) is 14.2. The fourth-order valence-electron chi connectivity index (χ4n) is 6.23. The van der Waals surface area contributed by atoms with Gasteiger partial charge in [0.15, 0.2) is 18.4 Å². The van der Waals surface area contributed by atoms with Crippen LogP contribution >= 0.6 is 0 Å². The van der Waals surface area contributed by atoms with Gasteiger partial charge in [0, 0.05) is 26.2 Å². The van der Waals surface area contributed by atoms with Crippen molar-refractivity contribution in [2.24, 2.45) is 17.4 Å². The Morgan fingerprint density at radius 2 is 1.37 bits per heavy atom. The molecule has 0 aromatic carbocycles. The fraction of sp³-hybridized carbons (Fsp3) is 0.811. The first-order valence-electron chi connectivity index (χ1n) is 19.2. The van der Waals surface area contributed by atoms with Crippen molar-refractivity contribution < 1.29 is 62.7 Å². The Morgan fingerprint density at radius 3 is 1.85 bits per heavy atom. The first-order chi connectivity index (χ1) is 25.5. The van der Waals surface area contributed by atoms with Gasteiger partial charge in [-0.25, -0.2) is 4.79 Å². The third kappa shape index (κ3) is 16.7. The number of esters is 2. The molecule has 1 aliphatic heterocycles. The van der Waals surface area contributed by atoms with Crippen LogP contribution in [0.3, 0.4) is 0 Å². The number of nitrogens with zero attached hydrogens (tertiary/aromatic N) is 1. The lowest BCUT2D eigenvalue weighted by molar-refractivity contribution is -0.255. The Balaban J connectivity index is 3.62. The van der Waals surface area contributed by atoms with Gasteiger partial charge in [-0.3, -0.25) is 28.8 Å². The molecule has 310 valence electrons. The normalized spacial score (nSPS) is 21.4. The molecule has 0 bridgehead atoms. The van der Waals surface area contributed by atoms with Crippen molar-refractivity contribution in [3.63, 3.8) is 0 Å². The van der Waals surface area contributed by atoms with E-state index >= 15 is 0 Å². The first kappa shape index (κ1) is 48.2. The van der Waals surface area contributed by atoms with E-state index in [1.165, 1.54) is 6.92 Å². The molecule has 17 nitrogen and oxygen atoms in total. The highest BCUT2D eigenvalue weighted by Crippen LogP contribution is 2.31. The summed E-state index contributed by atoms with van der Waals surface area (Å²) in [6.07, 6.45) is 0.802. The number of unbranched alkanes of at least 4 members (excludes halogenated alkanes) is 8. The van der Waals surface area contributed by atoms with Gasteiger partial charge in [0.25, 0.3) is 0 Å². The molecule has 0 aromatic heterocycles. The molecule has 1 rings (SSSR count). The Morgan fingerprint density at radius 1 is 0.815 bits per heavy atom. The number of aliphatic carboxylic acids is 2. The summed E-state index contributed by atoms with van der Waals surface area (Å²) in [5.41, 5.74) is 12.2. The lowest BCUT2D eigenvalue weighted by Gasteiger charge is -2.50. The SMILES string of the molecule is CCCCCCCC(=O)OC[C@H]1OC(N(C(C)=O)[C@H](C(=O)N[C@H](CCC(=O)O)C(N)=O)C(C)C)[C@H](N)[C@@H](O[C@H](C)C(=O)O)[C@@H]1OC(=O)CCCCCCC. The Bertz CT molecular complexity index is 1230. The maximum absolute atomic E-state index is 13.8. The number of amides is 3. The van der Waals surface area contributed by atoms with Gasteiger partial charge in [-0.2, -0.15) is 0 Å². The third-order valence-corrected chi connectivity index (χ3v) is 9.21. The van der Waals surface area contributed by atoms with Gasteiger partial charge < -0.3 is 50.8 Å². The molecule has 3 amide bonds. The number of carbonyl (C=O) groups is 7. The van der Waals surface area contributed by atoms with Crippen LogP contribution < -0.4 is 16.8 Å². The van der Waals surface area contributed by atoms with E-state index in [1.807, 2.05) is 0 Å². The van der Waals surface area contributed by atoms with Crippen LogP contribution in [0, 0.1) is 5.92 Å². The van der Waals surface area contributed by atoms with Gasteiger partial charge in [0.05, 0.1) is 6.04 Å². The van der Waals surface area contributed by atoms with Crippen LogP contribution in [0.1, 0.15) is 131 Å². The topological polar surface area (TPSA) is 264 Å². The molecule has 0 saturated carbocycles. The molecule has 54 heavy (non-hydrogen) atoms. The number of ether oxygens (including phenoxy) is 4. The largest absolute Gasteiger partial charge is 0.481 e. The summed E-state index contributed by atoms with van der Waals surface area (Å²) in [5, 5.41) is 21.3. The molecule has 1 heterocycles. The van der Waals surface area contributed by atoms with E-state index in [0.717, 1.165) is 63.2 Å². The molecule has 7 N–H and O–H groups in total. The minimum atomic E-state index is -1.54. The predicted octanol–water partition coefficient (Wildman–Crippen LogP) is 2.78. The Kier molecular flexibility index (Phi) is 22.6. The van der Waals surface area contributed by atoms with Crippen molar-refractivity contribution >= 4 is 41.6 Å². The number of carboxylic acids is 2. The van der Waals surface area contributed by atoms with Crippen molar-refractivity contribution in [3.8, 4) is 0 Å². The van der Waals surface area contributed by atoms with Crippen molar-refractivity contribution in [1.82, 2.24) is 10.2 Å². The van der Waals surface area contributed by atoms with Crippen LogP contribution in [0.2, 0.25) is 0 Å². The van der Waals surface area contributed by atoms with Crippen LogP contribution in [-0.4, -0.2) is 112 Å². The first-order valence-corrected chi connectivity index (χ1v) is 19.2. The zero-order valence-electron chi connectivity index (χ0n) is 32.8. The summed E-state index contributed by atoms with van der Waals surface area (Å²) in [6.45, 7) is 9.25. The molecular weight excluding hydrogens is 708 g/mol. The fourth-order valence-corrected chi connectivity index (χ4v) is 6.23. The summed E-state index contributed by atoms with van der Waals surface area (Å²) in [5.74, 6) is -7.03. The molecule has 1 saturated heterocycles. The number of nitrogens with two attached hydrogens (primary N) is 2. The van der Waals surface area contributed by atoms with Gasteiger partial charge in [0.1, 0.15) is 30.9 Å². The van der Waals surface area contributed by atoms with Gasteiger partial charge in [-0.05, 0) is 32.1 Å². The molecule has 0 radical (unpaired) electrons. The maximum Gasteiger partial charge on any atom is 0.332 e. The summed E-state index contributed by atoms with van der Waals surface area (Å²) >= 11 is 0. The average molecular weight is 773 g/mol. The minimum absolute atomic E-state index is 0.0302. The van der Waals surface area contributed by atoms with Gasteiger partial charge >= 0.3 is 23.9 Å². The van der Waals surface area contributed by atoms with Crippen LogP contribution in [0.15, 0.2) is 0 Å². The summed E-state index contributed by atoms with van der Waals surface area (Å²) in [6, 6.07) is -4.22. The van der Waals surface area contributed by atoms with E-state index in [4.69, 9.17) is 35.5 Å². The quantitative estimate of drug-likeness (QED) is 0.0594. The van der Waals surface area contributed by atoms with Crippen LogP contribution in [-0.2, 0) is 52.5 Å². The Labute approximate surface area is 318 Å². The monoisotopic (exact) mass is 772 g/mol. The smallest absolute Gasteiger partial charge is 0.332 e. The van der Waals surface area contributed by atoms with Crippen LogP contribution in [0.4, 0.5) is 0 Å². The number of primary amides is 1. The molecule has 17 heteroatoms. The number of rotatable bonds is 27. The highest BCUT2D eigenvalue weighted by molar-refractivity contribution is 5.91. The average Bonchev–Trinajstić information content (AvgIpc) is 3.09. The van der Waals surface area contributed by atoms with Crippen molar-refractivity contribution in [1.29, 1.82) is 0 Å². The van der Waals surface area contributed by atoms with E-state index in [9.17, 15) is 38.7 Å². The second-order valence-corrected chi connectivity index (χ2v) is 14.2. The van der Waals surface area contributed by atoms with Crippen molar-refractivity contribution in [2.75, 3.05) is 6.61 Å². The van der Waals surface area contributed by atoms with E-state index in [-0.39, 0.29) is 19.3 Å². The van der Waals surface area contributed by atoms with Gasteiger partial charge in [-0.1, -0.05) is 79.1 Å². The summed E-state index contributed by atoms with van der Waals surface area (Å²) in [4.78, 5) is 89.7. The molecular formula is C37H64N4O13. The van der Waals surface area contributed by atoms with Crippen molar-refractivity contribution in [3.05, 3.63) is 0 Å². The number of carboxylic acid groups (broad SMARTS) is 2. The molecule has 0 spiro atoms. The highest BCUT2D eigenvalue weighted by atomic mass is 16.6. The molecule has 0 aromatic rings. The van der Waals surface area contributed by atoms with E-state index in [1.54, 1.807) is 13.8 Å². The number of hydrogen-bond acceptors (Lipinski definition) is 12. The maximum atomic E-state index is 13.8. The standard InChI is InChI=1S/C37H64N4O13/c1-7-9-11-13-15-17-28(45)51-21-26-32(54-29(46)18-16-14-12-10-8-2)33(52-23(5)37(49)50)30(38)36(53-26)41(24(6)42)31(22(3)4)35(48)40-25(34(39)47)19-20-27(43)44/h22-23,25-26,30-33,36H,7-21,38H2,1-6H3,(H2,39,47)(H,40,48)(H,43,44)(H,49,50)/t23-,25-,26-,30-,31+,32-,33-,36?/m1/s1. The zero-order valence-corrected chi connectivity index (χ0v) is 32.8. The number of hydrogen-bond donors (Lipinski definition) is 5. The van der Waals surface area contributed by atoms with E-state index < -0.39 is 109 Å². The lowest BCUT2D eigenvalue weighted by atomic mass is 9.92. The summed E-state index contributed by atoms with van der Waals surface area (Å²) < 4.78 is 23.7. The minimum Gasteiger partial charge on any atom is -0.481 e. The molecule has 1 fully saturated rings. The van der Waals surface area contributed by atoms with Crippen molar-refractivity contribution in [2.45, 2.75) is 180 Å². The zero-order chi connectivity index (χ0) is 41.0. The van der Waals surface area contributed by atoms with E-state index in [0.29, 0.717) is 12.8 Å². The number of carbonyl (C=O) groups excluding carboxylic acids is 5. The van der Waals surface area contributed by atoms with Crippen LogP contribution in [0.25, 0.3) is 0 Å². The van der Waals surface area contributed by atoms with E-state index in [2.05, 4.69) is 19.2 Å². The molecule has 1 aliphatic rings. The van der Waals surface area contributed by atoms with Gasteiger partial charge in [-0.15, -0.1) is 0 Å². The second kappa shape index (κ2) is 25.3. The molecule has 0 aliphatic carbocycles. The number of nitrogens with one attached hydrogen (secondary N) is 1. The molecule has 1 unspecified atom stereocenters.